The van der Waals surface area contributed by atoms with E-state index in [1.807, 2.05) is 25.1 Å². The second-order valence-corrected chi connectivity index (χ2v) is 6.22. The summed E-state index contributed by atoms with van der Waals surface area (Å²) >= 11 is 0. The molecular formula is C20H16F3NO5. The average molecular weight is 407 g/mol. The molecule has 0 unspecified atom stereocenters. The van der Waals surface area contributed by atoms with Gasteiger partial charge >= 0.3 is 12.3 Å². The van der Waals surface area contributed by atoms with Gasteiger partial charge in [0.1, 0.15) is 11.3 Å². The number of ether oxygens (including phenoxy) is 2. The van der Waals surface area contributed by atoms with E-state index in [0.29, 0.717) is 11.1 Å². The van der Waals surface area contributed by atoms with Crippen LogP contribution >= 0.6 is 0 Å². The van der Waals surface area contributed by atoms with Crippen molar-refractivity contribution in [1.82, 2.24) is 0 Å². The summed E-state index contributed by atoms with van der Waals surface area (Å²) in [6.45, 7) is 1.39. The lowest BCUT2D eigenvalue weighted by atomic mass is 10.1. The molecule has 29 heavy (non-hydrogen) atoms. The van der Waals surface area contributed by atoms with Gasteiger partial charge in [0.15, 0.2) is 6.61 Å². The van der Waals surface area contributed by atoms with Gasteiger partial charge in [-0.1, -0.05) is 12.1 Å². The van der Waals surface area contributed by atoms with Gasteiger partial charge in [0.25, 0.3) is 5.91 Å². The summed E-state index contributed by atoms with van der Waals surface area (Å²) < 4.78 is 50.5. The lowest BCUT2D eigenvalue weighted by Gasteiger charge is -2.10. The average Bonchev–Trinajstić information content (AvgIpc) is 3.02. The quantitative estimate of drug-likeness (QED) is 0.614. The molecule has 6 nitrogen and oxygen atoms in total. The van der Waals surface area contributed by atoms with Gasteiger partial charge in [0.2, 0.25) is 0 Å². The van der Waals surface area contributed by atoms with E-state index >= 15 is 0 Å². The monoisotopic (exact) mass is 407 g/mol. The minimum atomic E-state index is -4.79. The molecule has 1 N–H and O–H groups in total. The summed E-state index contributed by atoms with van der Waals surface area (Å²) in [5.41, 5.74) is 2.56. The maximum Gasteiger partial charge on any atom is 0.573 e. The van der Waals surface area contributed by atoms with Gasteiger partial charge in [0.05, 0.1) is 12.7 Å². The van der Waals surface area contributed by atoms with E-state index < -0.39 is 30.6 Å². The van der Waals surface area contributed by atoms with Gasteiger partial charge in [-0.15, -0.1) is 13.2 Å². The number of rotatable bonds is 6. The molecule has 0 saturated carbocycles. The van der Waals surface area contributed by atoms with Crippen molar-refractivity contribution >= 4 is 28.5 Å². The van der Waals surface area contributed by atoms with E-state index in [0.717, 1.165) is 23.1 Å². The predicted molar refractivity (Wildman–Crippen MR) is 97.4 cm³/mol. The standard InChI is InChI=1S/C20H16F3NO5/c1-12-2-7-16-13(10-27-17(16)8-12)9-19(26)28-11-18(25)24-14-3-5-15(6-4-14)29-20(21,22)23/h2-8,10H,9,11H2,1H3,(H,24,25). The van der Waals surface area contributed by atoms with Crippen molar-refractivity contribution in [3.8, 4) is 5.75 Å². The lowest BCUT2D eigenvalue weighted by molar-refractivity contribution is -0.274. The molecule has 1 heterocycles. The largest absolute Gasteiger partial charge is 0.573 e. The lowest BCUT2D eigenvalue weighted by Crippen LogP contribution is -2.21. The van der Waals surface area contributed by atoms with Crippen LogP contribution < -0.4 is 10.1 Å². The third-order valence-corrected chi connectivity index (χ3v) is 3.88. The molecule has 1 aromatic heterocycles. The van der Waals surface area contributed by atoms with Crippen LogP contribution in [-0.4, -0.2) is 24.8 Å². The van der Waals surface area contributed by atoms with Crippen LogP contribution in [0.4, 0.5) is 18.9 Å². The molecular weight excluding hydrogens is 391 g/mol. The summed E-state index contributed by atoms with van der Waals surface area (Å²) in [6, 6.07) is 10.2. The number of furan rings is 1. The maximum absolute atomic E-state index is 12.1. The van der Waals surface area contributed by atoms with Gasteiger partial charge in [-0.2, -0.15) is 0 Å². The molecule has 1 amide bonds. The van der Waals surface area contributed by atoms with Gasteiger partial charge in [-0.25, -0.2) is 0 Å². The second-order valence-electron chi connectivity index (χ2n) is 6.22. The normalized spacial score (nSPS) is 11.3. The zero-order valence-corrected chi connectivity index (χ0v) is 15.2. The number of carbonyl (C=O) groups is 2. The zero-order valence-electron chi connectivity index (χ0n) is 15.2. The SMILES string of the molecule is Cc1ccc2c(CC(=O)OCC(=O)Nc3ccc(OC(F)(F)F)cc3)coc2c1. The molecule has 0 aliphatic heterocycles. The van der Waals surface area contributed by atoms with Crippen molar-refractivity contribution in [1.29, 1.82) is 0 Å². The molecule has 0 saturated heterocycles. The minimum absolute atomic E-state index is 0.0627. The van der Waals surface area contributed by atoms with Crippen molar-refractivity contribution in [3.63, 3.8) is 0 Å². The minimum Gasteiger partial charge on any atom is -0.464 e. The Morgan fingerprint density at radius 2 is 1.83 bits per heavy atom. The van der Waals surface area contributed by atoms with E-state index in [4.69, 9.17) is 9.15 Å². The number of alkyl halides is 3. The number of fused-ring (bicyclic) bond motifs is 1. The molecule has 0 bridgehead atoms. The molecule has 9 heteroatoms. The van der Waals surface area contributed by atoms with Crippen LogP contribution in [0.25, 0.3) is 11.0 Å². The number of hydrogen-bond acceptors (Lipinski definition) is 5. The number of anilines is 1. The van der Waals surface area contributed by atoms with Crippen LogP contribution in [0.2, 0.25) is 0 Å². The number of aryl methyl sites for hydroxylation is 1. The van der Waals surface area contributed by atoms with E-state index in [1.54, 1.807) is 0 Å². The highest BCUT2D eigenvalue weighted by atomic mass is 19.4. The summed E-state index contributed by atoms with van der Waals surface area (Å²) in [5.74, 6) is -1.66. The van der Waals surface area contributed by atoms with Gasteiger partial charge in [0, 0.05) is 16.6 Å². The number of halogens is 3. The molecule has 0 atom stereocenters. The Kier molecular flexibility index (Phi) is 5.76. The zero-order chi connectivity index (χ0) is 21.0. The van der Waals surface area contributed by atoms with Crippen molar-refractivity contribution in [2.75, 3.05) is 11.9 Å². The number of amides is 1. The van der Waals surface area contributed by atoms with Crippen LogP contribution in [0.15, 0.2) is 53.1 Å². The Bertz CT molecular complexity index is 1020. The van der Waals surface area contributed by atoms with Gasteiger partial charge < -0.3 is 19.2 Å². The first-order chi connectivity index (χ1) is 13.7. The number of hydrogen-bond donors (Lipinski definition) is 1. The van der Waals surface area contributed by atoms with Crippen LogP contribution in [0.3, 0.4) is 0 Å². The number of carbonyl (C=O) groups excluding carboxylic acids is 2. The Morgan fingerprint density at radius 3 is 2.52 bits per heavy atom. The van der Waals surface area contributed by atoms with Gasteiger partial charge in [-0.3, -0.25) is 9.59 Å². The Hall–Kier alpha value is -3.49. The van der Waals surface area contributed by atoms with Crippen molar-refractivity contribution in [2.24, 2.45) is 0 Å². The Morgan fingerprint density at radius 1 is 1.10 bits per heavy atom. The highest BCUT2D eigenvalue weighted by Crippen LogP contribution is 2.24. The number of esters is 1. The van der Waals surface area contributed by atoms with Crippen molar-refractivity contribution in [2.45, 2.75) is 19.7 Å². The fourth-order valence-corrected chi connectivity index (χ4v) is 2.62. The second kappa shape index (κ2) is 8.26. The third kappa shape index (κ3) is 5.74. The summed E-state index contributed by atoms with van der Waals surface area (Å²) in [4.78, 5) is 23.9. The van der Waals surface area contributed by atoms with Crippen molar-refractivity contribution in [3.05, 3.63) is 59.9 Å². The fourth-order valence-electron chi connectivity index (χ4n) is 2.62. The molecule has 0 fully saturated rings. The molecule has 0 aliphatic carbocycles. The van der Waals surface area contributed by atoms with E-state index in [9.17, 15) is 22.8 Å². The molecule has 3 aromatic rings. The van der Waals surface area contributed by atoms with Crippen LogP contribution in [-0.2, 0) is 20.7 Å². The first kappa shape index (κ1) is 20.2. The predicted octanol–water partition coefficient (Wildman–Crippen LogP) is 4.36. The molecule has 0 radical (unpaired) electrons. The van der Waals surface area contributed by atoms with E-state index in [2.05, 4.69) is 10.1 Å². The number of nitrogens with one attached hydrogen (secondary N) is 1. The molecule has 2 aromatic carbocycles. The molecule has 152 valence electrons. The maximum atomic E-state index is 12.1. The number of benzene rings is 2. The topological polar surface area (TPSA) is 77.8 Å². The molecule has 0 spiro atoms. The van der Waals surface area contributed by atoms with Crippen LogP contribution in [0, 0.1) is 6.92 Å². The van der Waals surface area contributed by atoms with Crippen LogP contribution in [0.5, 0.6) is 5.75 Å². The summed E-state index contributed by atoms with van der Waals surface area (Å²) in [5, 5.41) is 3.20. The van der Waals surface area contributed by atoms with Crippen molar-refractivity contribution < 1.29 is 36.7 Å². The first-order valence-corrected chi connectivity index (χ1v) is 8.47. The molecule has 0 aliphatic rings. The fraction of sp³-hybridized carbons (Fsp3) is 0.200. The smallest absolute Gasteiger partial charge is 0.464 e. The highest BCUT2D eigenvalue weighted by Gasteiger charge is 2.30. The molecule has 3 rings (SSSR count). The van der Waals surface area contributed by atoms with Crippen LogP contribution in [0.1, 0.15) is 11.1 Å². The third-order valence-electron chi connectivity index (χ3n) is 3.88. The summed E-state index contributed by atoms with van der Waals surface area (Å²) in [7, 11) is 0. The van der Waals surface area contributed by atoms with E-state index in [-0.39, 0.29) is 12.1 Å². The van der Waals surface area contributed by atoms with E-state index in [1.165, 1.54) is 18.4 Å². The van der Waals surface area contributed by atoms with Gasteiger partial charge in [-0.05, 0) is 42.8 Å². The highest BCUT2D eigenvalue weighted by molar-refractivity contribution is 5.93. The Balaban J connectivity index is 1.49. The first-order valence-electron chi connectivity index (χ1n) is 8.47. The summed E-state index contributed by atoms with van der Waals surface area (Å²) in [6.07, 6.45) is -3.39. The Labute approximate surface area is 163 Å².